The van der Waals surface area contributed by atoms with E-state index in [1.165, 1.54) is 0 Å². The van der Waals surface area contributed by atoms with Gasteiger partial charge in [0.15, 0.2) is 0 Å². The predicted molar refractivity (Wildman–Crippen MR) is 96.1 cm³/mol. The van der Waals surface area contributed by atoms with Crippen LogP contribution in [0.5, 0.6) is 0 Å². The Kier molecular flexibility index (Phi) is 4.79. The molecule has 2 aromatic rings. The number of anilines is 3. The van der Waals surface area contributed by atoms with E-state index in [4.69, 9.17) is 0 Å². The number of nitrogens with one attached hydrogen (secondary N) is 3. The molecule has 1 fully saturated rings. The van der Waals surface area contributed by atoms with Crippen molar-refractivity contribution >= 4 is 28.9 Å². The summed E-state index contributed by atoms with van der Waals surface area (Å²) in [6.45, 7) is 2.17. The quantitative estimate of drug-likeness (QED) is 0.763. The molecule has 2 amide bonds. The first-order valence-corrected chi connectivity index (χ1v) is 8.11. The van der Waals surface area contributed by atoms with Crippen LogP contribution < -0.4 is 16.0 Å². The van der Waals surface area contributed by atoms with Crippen molar-refractivity contribution < 1.29 is 9.59 Å². The van der Waals surface area contributed by atoms with E-state index in [0.717, 1.165) is 35.5 Å². The molecule has 1 aliphatic carbocycles. The van der Waals surface area contributed by atoms with Crippen LogP contribution in [-0.2, 0) is 9.59 Å². The second-order valence-corrected chi connectivity index (χ2v) is 6.11. The molecule has 3 rings (SSSR count). The van der Waals surface area contributed by atoms with E-state index in [9.17, 15) is 9.59 Å². The Labute approximate surface area is 141 Å². The van der Waals surface area contributed by atoms with Crippen molar-refractivity contribution in [3.05, 3.63) is 54.1 Å². The van der Waals surface area contributed by atoms with Crippen LogP contribution in [0.2, 0.25) is 0 Å². The number of aryl methyl sites for hydroxylation is 1. The zero-order chi connectivity index (χ0) is 16.9. The van der Waals surface area contributed by atoms with Crippen molar-refractivity contribution in [3.63, 3.8) is 0 Å². The van der Waals surface area contributed by atoms with Gasteiger partial charge in [-0.2, -0.15) is 0 Å². The van der Waals surface area contributed by atoms with Gasteiger partial charge in [0, 0.05) is 23.0 Å². The third-order valence-electron chi connectivity index (χ3n) is 3.86. The molecular weight excluding hydrogens is 302 g/mol. The zero-order valence-electron chi connectivity index (χ0n) is 13.6. The summed E-state index contributed by atoms with van der Waals surface area (Å²) >= 11 is 0. The Morgan fingerprint density at radius 2 is 1.67 bits per heavy atom. The second-order valence-electron chi connectivity index (χ2n) is 6.11. The van der Waals surface area contributed by atoms with Gasteiger partial charge in [-0.1, -0.05) is 12.1 Å². The van der Waals surface area contributed by atoms with Crippen molar-refractivity contribution in [2.75, 3.05) is 22.5 Å². The number of benzene rings is 2. The smallest absolute Gasteiger partial charge is 0.243 e. The molecule has 5 heteroatoms. The number of hydrogen-bond acceptors (Lipinski definition) is 3. The lowest BCUT2D eigenvalue weighted by Crippen LogP contribution is -2.21. The van der Waals surface area contributed by atoms with Gasteiger partial charge in [-0.15, -0.1) is 0 Å². The number of amides is 2. The van der Waals surface area contributed by atoms with E-state index in [0.29, 0.717) is 0 Å². The number of rotatable bonds is 6. The van der Waals surface area contributed by atoms with Crippen molar-refractivity contribution in [2.24, 2.45) is 5.92 Å². The van der Waals surface area contributed by atoms with Gasteiger partial charge in [0.05, 0.1) is 6.54 Å². The van der Waals surface area contributed by atoms with Gasteiger partial charge in [-0.25, -0.2) is 0 Å². The highest BCUT2D eigenvalue weighted by Gasteiger charge is 2.29. The molecule has 0 aliphatic heterocycles. The van der Waals surface area contributed by atoms with Crippen LogP contribution in [0.25, 0.3) is 0 Å². The number of carbonyl (C=O) groups is 2. The van der Waals surface area contributed by atoms with Gasteiger partial charge < -0.3 is 16.0 Å². The Hall–Kier alpha value is -2.82. The van der Waals surface area contributed by atoms with Crippen molar-refractivity contribution in [1.82, 2.24) is 0 Å². The molecule has 0 heterocycles. The molecular formula is C19H21N3O2. The monoisotopic (exact) mass is 323 g/mol. The van der Waals surface area contributed by atoms with Gasteiger partial charge in [-0.3, -0.25) is 9.59 Å². The molecule has 2 aromatic carbocycles. The maximum atomic E-state index is 12.0. The molecule has 0 saturated heterocycles. The highest BCUT2D eigenvalue weighted by Crippen LogP contribution is 2.30. The average Bonchev–Trinajstić information content (AvgIpc) is 3.39. The van der Waals surface area contributed by atoms with Crippen molar-refractivity contribution in [1.29, 1.82) is 0 Å². The minimum atomic E-state index is -0.105. The van der Waals surface area contributed by atoms with Crippen LogP contribution >= 0.6 is 0 Å². The third kappa shape index (κ3) is 4.59. The second kappa shape index (κ2) is 7.17. The molecule has 0 bridgehead atoms. The molecule has 0 radical (unpaired) electrons. The molecule has 24 heavy (non-hydrogen) atoms. The highest BCUT2D eigenvalue weighted by molar-refractivity contribution is 5.95. The topological polar surface area (TPSA) is 70.2 Å². The summed E-state index contributed by atoms with van der Waals surface area (Å²) < 4.78 is 0. The number of carbonyl (C=O) groups excluding carboxylic acids is 2. The zero-order valence-corrected chi connectivity index (χ0v) is 13.6. The summed E-state index contributed by atoms with van der Waals surface area (Å²) in [5.41, 5.74) is 3.50. The van der Waals surface area contributed by atoms with Gasteiger partial charge in [0.2, 0.25) is 11.8 Å². The van der Waals surface area contributed by atoms with Gasteiger partial charge in [0.25, 0.3) is 0 Å². The summed E-state index contributed by atoms with van der Waals surface area (Å²) in [5, 5.41) is 8.81. The molecule has 1 saturated carbocycles. The Morgan fingerprint density at radius 3 is 2.33 bits per heavy atom. The maximum absolute atomic E-state index is 12.0. The molecule has 0 unspecified atom stereocenters. The summed E-state index contributed by atoms with van der Waals surface area (Å²) in [6.07, 6.45) is 1.98. The average molecular weight is 323 g/mol. The first-order chi connectivity index (χ1) is 11.6. The summed E-state index contributed by atoms with van der Waals surface area (Å²) in [6, 6.07) is 15.1. The van der Waals surface area contributed by atoms with Crippen LogP contribution in [0.15, 0.2) is 48.5 Å². The highest BCUT2D eigenvalue weighted by atomic mass is 16.2. The van der Waals surface area contributed by atoms with Crippen molar-refractivity contribution in [2.45, 2.75) is 19.8 Å². The Bertz CT molecular complexity index is 737. The summed E-state index contributed by atoms with van der Waals surface area (Å²) in [5.74, 6) is 0.174. The normalized spacial score (nSPS) is 13.2. The van der Waals surface area contributed by atoms with Crippen LogP contribution in [0.1, 0.15) is 18.4 Å². The summed E-state index contributed by atoms with van der Waals surface area (Å²) in [7, 11) is 0. The van der Waals surface area contributed by atoms with Crippen LogP contribution in [0.4, 0.5) is 17.1 Å². The third-order valence-corrected chi connectivity index (χ3v) is 3.86. The fourth-order valence-electron chi connectivity index (χ4n) is 2.37. The van der Waals surface area contributed by atoms with Crippen molar-refractivity contribution in [3.8, 4) is 0 Å². The van der Waals surface area contributed by atoms with Crippen LogP contribution in [-0.4, -0.2) is 18.4 Å². The minimum Gasteiger partial charge on any atom is -0.376 e. The number of hydrogen-bond donors (Lipinski definition) is 3. The van der Waals surface area contributed by atoms with E-state index in [1.54, 1.807) is 0 Å². The lowest BCUT2D eigenvalue weighted by molar-refractivity contribution is -0.117. The molecule has 0 atom stereocenters. The van der Waals surface area contributed by atoms with E-state index in [-0.39, 0.29) is 24.3 Å². The van der Waals surface area contributed by atoms with Gasteiger partial charge >= 0.3 is 0 Å². The lowest BCUT2D eigenvalue weighted by atomic mass is 10.2. The van der Waals surface area contributed by atoms with E-state index < -0.39 is 0 Å². The first kappa shape index (κ1) is 16.1. The lowest BCUT2D eigenvalue weighted by Gasteiger charge is -2.09. The molecule has 3 N–H and O–H groups in total. The van der Waals surface area contributed by atoms with E-state index in [1.807, 2.05) is 55.5 Å². The molecule has 5 nitrogen and oxygen atoms in total. The first-order valence-electron chi connectivity index (χ1n) is 8.11. The summed E-state index contributed by atoms with van der Waals surface area (Å²) in [4.78, 5) is 23.7. The predicted octanol–water partition coefficient (Wildman–Crippen LogP) is 3.39. The van der Waals surface area contributed by atoms with Crippen LogP contribution in [0.3, 0.4) is 0 Å². The minimum absolute atomic E-state index is 0.0910. The Balaban J connectivity index is 1.47. The fraction of sp³-hybridized carbons (Fsp3) is 0.263. The van der Waals surface area contributed by atoms with Gasteiger partial charge in [0.1, 0.15) is 0 Å². The fourth-order valence-corrected chi connectivity index (χ4v) is 2.37. The van der Waals surface area contributed by atoms with E-state index >= 15 is 0 Å². The molecule has 0 aromatic heterocycles. The maximum Gasteiger partial charge on any atom is 0.243 e. The molecule has 124 valence electrons. The SMILES string of the molecule is Cc1cccc(NC(=O)CNc2ccc(NC(=O)C3CC3)cc2)c1. The largest absolute Gasteiger partial charge is 0.376 e. The Morgan fingerprint density at radius 1 is 0.958 bits per heavy atom. The standard InChI is InChI=1S/C19H21N3O2/c1-13-3-2-4-17(11-13)21-18(23)12-20-15-7-9-16(10-8-15)22-19(24)14-5-6-14/h2-4,7-11,14,20H,5-6,12H2,1H3,(H,21,23)(H,22,24). The van der Waals surface area contributed by atoms with E-state index in [2.05, 4.69) is 16.0 Å². The van der Waals surface area contributed by atoms with Crippen LogP contribution in [0, 0.1) is 12.8 Å². The molecule has 1 aliphatic rings. The molecule has 0 spiro atoms. The van der Waals surface area contributed by atoms with Gasteiger partial charge in [-0.05, 0) is 61.7 Å².